The number of rotatable bonds is 4. The molecule has 0 unspecified atom stereocenters. The average Bonchev–Trinajstić information content (AvgIpc) is 2.39. The lowest BCUT2D eigenvalue weighted by Gasteiger charge is -2.30. The molecular formula is C13H18N2O4S. The molecule has 1 aromatic rings. The minimum atomic E-state index is -3.68. The maximum absolute atomic E-state index is 12.4. The van der Waals surface area contributed by atoms with E-state index in [1.807, 2.05) is 0 Å². The summed E-state index contributed by atoms with van der Waals surface area (Å²) in [5.74, 6) is -0.456. The second-order valence-electron chi connectivity index (χ2n) is 4.99. The van der Waals surface area contributed by atoms with E-state index in [-0.39, 0.29) is 22.5 Å². The van der Waals surface area contributed by atoms with Crippen LogP contribution in [0.25, 0.3) is 0 Å². The Hall–Kier alpha value is -1.60. The fourth-order valence-corrected chi connectivity index (χ4v) is 4.01. The Bertz CT molecular complexity index is 592. The molecule has 20 heavy (non-hydrogen) atoms. The standard InChI is InChI=1S/C13H18N2O4S/c14-13(17)9-10-5-7-15(8-6-10)20(18,19)12-4-2-1-3-11(12)16/h1-4,10,16H,5-9H2,(H2,14,17). The van der Waals surface area contributed by atoms with Gasteiger partial charge in [-0.2, -0.15) is 4.31 Å². The van der Waals surface area contributed by atoms with Crippen LogP contribution in [0.5, 0.6) is 5.75 Å². The third-order valence-electron chi connectivity index (χ3n) is 3.55. The zero-order valence-electron chi connectivity index (χ0n) is 11.0. The third kappa shape index (κ3) is 3.10. The number of hydrogen-bond acceptors (Lipinski definition) is 4. The molecule has 0 saturated carbocycles. The number of nitrogens with zero attached hydrogens (tertiary/aromatic N) is 1. The van der Waals surface area contributed by atoms with Crippen LogP contribution >= 0.6 is 0 Å². The third-order valence-corrected chi connectivity index (χ3v) is 5.49. The van der Waals surface area contributed by atoms with E-state index in [1.54, 1.807) is 12.1 Å². The Morgan fingerprint density at radius 1 is 1.30 bits per heavy atom. The van der Waals surface area contributed by atoms with Crippen molar-refractivity contribution in [1.82, 2.24) is 4.31 Å². The highest BCUT2D eigenvalue weighted by atomic mass is 32.2. The normalized spacial score (nSPS) is 18.0. The van der Waals surface area contributed by atoms with E-state index >= 15 is 0 Å². The summed E-state index contributed by atoms with van der Waals surface area (Å²) in [6.07, 6.45) is 1.51. The molecule has 1 aromatic carbocycles. The molecule has 1 amide bonds. The van der Waals surface area contributed by atoms with Gasteiger partial charge in [0.15, 0.2) is 0 Å². The van der Waals surface area contributed by atoms with Crippen LogP contribution in [-0.2, 0) is 14.8 Å². The van der Waals surface area contributed by atoms with Gasteiger partial charge in [-0.05, 0) is 30.9 Å². The zero-order valence-corrected chi connectivity index (χ0v) is 11.8. The summed E-state index contributed by atoms with van der Waals surface area (Å²) in [5, 5.41) is 9.68. The largest absolute Gasteiger partial charge is 0.507 e. The number of amides is 1. The van der Waals surface area contributed by atoms with Crippen LogP contribution in [0.15, 0.2) is 29.2 Å². The average molecular weight is 298 g/mol. The number of phenolic OH excluding ortho intramolecular Hbond substituents is 1. The summed E-state index contributed by atoms with van der Waals surface area (Å²) in [6.45, 7) is 0.684. The van der Waals surface area contributed by atoms with Crippen LogP contribution in [0.4, 0.5) is 0 Å². The summed E-state index contributed by atoms with van der Waals surface area (Å²) in [6, 6.07) is 5.90. The SMILES string of the molecule is NC(=O)CC1CCN(S(=O)(=O)c2ccccc2O)CC1. The van der Waals surface area contributed by atoms with E-state index in [9.17, 15) is 18.3 Å². The lowest BCUT2D eigenvalue weighted by atomic mass is 9.94. The minimum absolute atomic E-state index is 0.0756. The number of nitrogens with two attached hydrogens (primary N) is 1. The summed E-state index contributed by atoms with van der Waals surface area (Å²) in [5.41, 5.74) is 5.15. The van der Waals surface area contributed by atoms with E-state index in [2.05, 4.69) is 0 Å². The molecule has 0 bridgehead atoms. The first-order valence-electron chi connectivity index (χ1n) is 6.47. The van der Waals surface area contributed by atoms with E-state index in [0.29, 0.717) is 32.4 Å². The molecule has 0 aliphatic carbocycles. The van der Waals surface area contributed by atoms with Crippen molar-refractivity contribution < 1.29 is 18.3 Å². The maximum Gasteiger partial charge on any atom is 0.246 e. The van der Waals surface area contributed by atoms with Gasteiger partial charge in [-0.15, -0.1) is 0 Å². The molecule has 1 fully saturated rings. The van der Waals surface area contributed by atoms with Gasteiger partial charge in [0.05, 0.1) is 0 Å². The van der Waals surface area contributed by atoms with Crippen LogP contribution in [-0.4, -0.2) is 36.8 Å². The number of hydrogen-bond donors (Lipinski definition) is 2. The molecule has 0 atom stereocenters. The van der Waals surface area contributed by atoms with E-state index in [4.69, 9.17) is 5.73 Å². The second-order valence-corrected chi connectivity index (χ2v) is 6.89. The maximum atomic E-state index is 12.4. The van der Waals surface area contributed by atoms with Crippen LogP contribution in [0.2, 0.25) is 0 Å². The van der Waals surface area contributed by atoms with Gasteiger partial charge >= 0.3 is 0 Å². The van der Waals surface area contributed by atoms with E-state index in [0.717, 1.165) is 0 Å². The van der Waals surface area contributed by atoms with Gasteiger partial charge in [0.1, 0.15) is 10.6 Å². The van der Waals surface area contributed by atoms with Crippen molar-refractivity contribution in [1.29, 1.82) is 0 Å². The molecule has 2 rings (SSSR count). The number of carbonyl (C=O) groups is 1. The van der Waals surface area contributed by atoms with Crippen molar-refractivity contribution in [3.05, 3.63) is 24.3 Å². The van der Waals surface area contributed by atoms with E-state index in [1.165, 1.54) is 16.4 Å². The van der Waals surface area contributed by atoms with Gasteiger partial charge in [0, 0.05) is 19.5 Å². The first-order chi connectivity index (χ1) is 9.41. The van der Waals surface area contributed by atoms with Crippen LogP contribution in [0.3, 0.4) is 0 Å². The van der Waals surface area contributed by atoms with Gasteiger partial charge < -0.3 is 10.8 Å². The molecule has 1 aliphatic heterocycles. The number of piperidine rings is 1. The summed E-state index contributed by atoms with van der Waals surface area (Å²) < 4.78 is 26.2. The van der Waals surface area contributed by atoms with Gasteiger partial charge in [-0.3, -0.25) is 4.79 Å². The number of para-hydroxylation sites is 1. The van der Waals surface area contributed by atoms with Crippen molar-refractivity contribution >= 4 is 15.9 Å². The number of phenols is 1. The van der Waals surface area contributed by atoms with Gasteiger partial charge in [0.25, 0.3) is 0 Å². The Labute approximate surface area is 118 Å². The van der Waals surface area contributed by atoms with Crippen LogP contribution in [0, 0.1) is 5.92 Å². The number of aromatic hydroxyl groups is 1. The van der Waals surface area contributed by atoms with Crippen molar-refractivity contribution in [3.63, 3.8) is 0 Å². The first-order valence-corrected chi connectivity index (χ1v) is 7.91. The molecular weight excluding hydrogens is 280 g/mol. The number of benzene rings is 1. The predicted molar refractivity (Wildman–Crippen MR) is 73.4 cm³/mol. The Kier molecular flexibility index (Phi) is 4.29. The fourth-order valence-electron chi connectivity index (χ4n) is 2.45. The van der Waals surface area contributed by atoms with Gasteiger partial charge in [0.2, 0.25) is 15.9 Å². The number of carbonyl (C=O) groups excluding carboxylic acids is 1. The van der Waals surface area contributed by atoms with E-state index < -0.39 is 10.0 Å². The Morgan fingerprint density at radius 3 is 2.45 bits per heavy atom. The Morgan fingerprint density at radius 2 is 1.90 bits per heavy atom. The molecule has 3 N–H and O–H groups in total. The monoisotopic (exact) mass is 298 g/mol. The van der Waals surface area contributed by atoms with Gasteiger partial charge in [-0.1, -0.05) is 12.1 Å². The van der Waals surface area contributed by atoms with Crippen molar-refractivity contribution in [3.8, 4) is 5.75 Å². The summed E-state index contributed by atoms with van der Waals surface area (Å²) in [4.78, 5) is 10.8. The summed E-state index contributed by atoms with van der Waals surface area (Å²) >= 11 is 0. The zero-order chi connectivity index (χ0) is 14.8. The molecule has 1 saturated heterocycles. The molecule has 0 aromatic heterocycles. The molecule has 110 valence electrons. The highest BCUT2D eigenvalue weighted by molar-refractivity contribution is 7.89. The Balaban J connectivity index is 2.10. The van der Waals surface area contributed by atoms with Crippen molar-refractivity contribution in [2.24, 2.45) is 11.7 Å². The topological polar surface area (TPSA) is 101 Å². The van der Waals surface area contributed by atoms with Crippen LogP contribution < -0.4 is 5.73 Å². The van der Waals surface area contributed by atoms with Crippen molar-refractivity contribution in [2.75, 3.05) is 13.1 Å². The quantitative estimate of drug-likeness (QED) is 0.853. The van der Waals surface area contributed by atoms with Crippen molar-refractivity contribution in [2.45, 2.75) is 24.2 Å². The minimum Gasteiger partial charge on any atom is -0.507 e. The van der Waals surface area contributed by atoms with Gasteiger partial charge in [-0.25, -0.2) is 8.42 Å². The molecule has 7 heteroatoms. The lowest BCUT2D eigenvalue weighted by Crippen LogP contribution is -2.39. The number of sulfonamides is 1. The summed E-state index contributed by atoms with van der Waals surface area (Å²) in [7, 11) is -3.68. The smallest absolute Gasteiger partial charge is 0.246 e. The molecule has 1 heterocycles. The first kappa shape index (κ1) is 14.8. The number of primary amides is 1. The molecule has 0 radical (unpaired) electrons. The highest BCUT2D eigenvalue weighted by Gasteiger charge is 2.31. The highest BCUT2D eigenvalue weighted by Crippen LogP contribution is 2.29. The lowest BCUT2D eigenvalue weighted by molar-refractivity contribution is -0.119. The second kappa shape index (κ2) is 5.80. The fraction of sp³-hybridized carbons (Fsp3) is 0.462. The predicted octanol–water partition coefficient (Wildman–Crippen LogP) is 0.668. The molecule has 6 nitrogen and oxygen atoms in total. The van der Waals surface area contributed by atoms with Crippen LogP contribution in [0.1, 0.15) is 19.3 Å². The molecule has 0 spiro atoms. The molecule has 1 aliphatic rings.